The first-order valence-corrected chi connectivity index (χ1v) is 7.28. The Kier molecular flexibility index (Phi) is 3.72. The summed E-state index contributed by atoms with van der Waals surface area (Å²) in [6.45, 7) is 0.476. The molecule has 0 radical (unpaired) electrons. The van der Waals surface area contributed by atoms with Crippen molar-refractivity contribution in [3.63, 3.8) is 0 Å². The topological polar surface area (TPSA) is 75.7 Å². The standard InChI is InChI=1S/C11H16N2O4S/c1-13-4-2-3-10(6-13)11(14)12-5-9-7-17-18(15,16)8-9/h2,4,6,9H,3,5,7-8H2,1H3,(H,12,14). The molecule has 1 unspecified atom stereocenters. The van der Waals surface area contributed by atoms with Gasteiger partial charge >= 0.3 is 0 Å². The van der Waals surface area contributed by atoms with Crippen LogP contribution in [0.3, 0.4) is 0 Å². The molecule has 0 bridgehead atoms. The van der Waals surface area contributed by atoms with Crippen LogP contribution in [0.1, 0.15) is 6.42 Å². The maximum absolute atomic E-state index is 11.8. The van der Waals surface area contributed by atoms with Gasteiger partial charge in [0.15, 0.2) is 0 Å². The Morgan fingerprint density at radius 1 is 1.61 bits per heavy atom. The van der Waals surface area contributed by atoms with Crippen molar-refractivity contribution in [3.8, 4) is 0 Å². The van der Waals surface area contributed by atoms with E-state index in [1.165, 1.54) is 0 Å². The number of rotatable bonds is 3. The van der Waals surface area contributed by atoms with Crippen molar-refractivity contribution in [3.05, 3.63) is 24.0 Å². The van der Waals surface area contributed by atoms with Gasteiger partial charge in [-0.25, -0.2) is 0 Å². The smallest absolute Gasteiger partial charge is 0.267 e. The average Bonchev–Trinajstić information content (AvgIpc) is 2.66. The zero-order valence-electron chi connectivity index (χ0n) is 10.1. The Bertz CT molecular complexity index is 495. The molecule has 0 saturated carbocycles. The summed E-state index contributed by atoms with van der Waals surface area (Å²) in [7, 11) is -1.51. The van der Waals surface area contributed by atoms with Gasteiger partial charge in [0.05, 0.1) is 12.4 Å². The molecule has 7 heteroatoms. The molecule has 0 spiro atoms. The van der Waals surface area contributed by atoms with Crippen molar-refractivity contribution in [1.82, 2.24) is 10.2 Å². The van der Waals surface area contributed by atoms with Crippen LogP contribution in [-0.4, -0.2) is 45.2 Å². The second-order valence-corrected chi connectivity index (χ2v) is 6.18. The Labute approximate surface area is 106 Å². The fourth-order valence-electron chi connectivity index (χ4n) is 1.89. The quantitative estimate of drug-likeness (QED) is 0.721. The molecule has 1 saturated heterocycles. The molecule has 2 aliphatic rings. The highest BCUT2D eigenvalue weighted by molar-refractivity contribution is 7.86. The van der Waals surface area contributed by atoms with E-state index in [4.69, 9.17) is 0 Å². The van der Waals surface area contributed by atoms with Gasteiger partial charge in [0, 0.05) is 31.3 Å². The Morgan fingerprint density at radius 3 is 3.00 bits per heavy atom. The summed E-state index contributed by atoms with van der Waals surface area (Å²) in [5.41, 5.74) is 0.668. The minimum Gasteiger partial charge on any atom is -0.357 e. The van der Waals surface area contributed by atoms with Gasteiger partial charge < -0.3 is 10.2 Å². The molecule has 0 aromatic heterocycles. The van der Waals surface area contributed by atoms with Crippen molar-refractivity contribution in [2.75, 3.05) is 26.0 Å². The molecule has 0 aromatic rings. The van der Waals surface area contributed by atoms with Crippen molar-refractivity contribution < 1.29 is 17.4 Å². The third-order valence-electron chi connectivity index (χ3n) is 2.80. The summed E-state index contributed by atoms with van der Waals surface area (Å²) < 4.78 is 26.8. The van der Waals surface area contributed by atoms with Crippen LogP contribution in [0, 0.1) is 5.92 Å². The highest BCUT2D eigenvalue weighted by Gasteiger charge is 2.29. The lowest BCUT2D eigenvalue weighted by atomic mass is 10.1. The van der Waals surface area contributed by atoms with Crippen molar-refractivity contribution in [1.29, 1.82) is 0 Å². The van der Waals surface area contributed by atoms with E-state index in [1.807, 2.05) is 24.2 Å². The fourth-order valence-corrected chi connectivity index (χ4v) is 3.18. The molecule has 6 nitrogen and oxygen atoms in total. The van der Waals surface area contributed by atoms with E-state index in [2.05, 4.69) is 9.50 Å². The number of amides is 1. The van der Waals surface area contributed by atoms with E-state index in [0.29, 0.717) is 18.5 Å². The average molecular weight is 272 g/mol. The van der Waals surface area contributed by atoms with E-state index in [1.54, 1.807) is 6.20 Å². The number of hydrogen-bond donors (Lipinski definition) is 1. The van der Waals surface area contributed by atoms with Crippen LogP contribution >= 0.6 is 0 Å². The summed E-state index contributed by atoms with van der Waals surface area (Å²) in [5.74, 6) is -0.335. The summed E-state index contributed by atoms with van der Waals surface area (Å²) in [6.07, 6.45) is 6.14. The first-order chi connectivity index (χ1) is 8.46. The van der Waals surface area contributed by atoms with E-state index in [9.17, 15) is 13.2 Å². The highest BCUT2D eigenvalue weighted by Crippen LogP contribution is 2.15. The lowest BCUT2D eigenvalue weighted by molar-refractivity contribution is -0.117. The molecular formula is C11H16N2O4S. The summed E-state index contributed by atoms with van der Waals surface area (Å²) in [4.78, 5) is 13.6. The number of hydrogen-bond acceptors (Lipinski definition) is 5. The fraction of sp³-hybridized carbons (Fsp3) is 0.545. The van der Waals surface area contributed by atoms with Crippen LogP contribution < -0.4 is 5.32 Å². The van der Waals surface area contributed by atoms with Gasteiger partial charge in [-0.3, -0.25) is 8.98 Å². The SMILES string of the molecule is CN1C=CCC(C(=O)NCC2COS(=O)(=O)C2)=C1. The second-order valence-electron chi connectivity index (χ2n) is 4.49. The van der Waals surface area contributed by atoms with Crippen LogP contribution in [0.25, 0.3) is 0 Å². The lowest BCUT2D eigenvalue weighted by Gasteiger charge is -2.17. The van der Waals surface area contributed by atoms with Gasteiger partial charge in [0.1, 0.15) is 0 Å². The van der Waals surface area contributed by atoms with Crippen molar-refractivity contribution in [2.45, 2.75) is 6.42 Å². The lowest BCUT2D eigenvalue weighted by Crippen LogP contribution is -2.32. The Balaban J connectivity index is 1.82. The molecular weight excluding hydrogens is 256 g/mol. The van der Waals surface area contributed by atoms with Gasteiger partial charge in [-0.15, -0.1) is 0 Å². The molecule has 2 rings (SSSR count). The van der Waals surface area contributed by atoms with Crippen LogP contribution in [-0.2, 0) is 19.1 Å². The minimum absolute atomic E-state index is 0.0217. The first-order valence-electron chi connectivity index (χ1n) is 5.71. The summed E-state index contributed by atoms with van der Waals surface area (Å²) >= 11 is 0. The molecule has 2 heterocycles. The van der Waals surface area contributed by atoms with Gasteiger partial charge in [0.2, 0.25) is 5.91 Å². The Morgan fingerprint density at radius 2 is 2.39 bits per heavy atom. The summed E-state index contributed by atoms with van der Waals surface area (Å²) in [5, 5.41) is 2.74. The van der Waals surface area contributed by atoms with Gasteiger partial charge in [-0.05, 0) is 12.6 Å². The largest absolute Gasteiger partial charge is 0.357 e. The molecule has 0 aliphatic carbocycles. The number of allylic oxidation sites excluding steroid dienone is 1. The number of carbonyl (C=O) groups is 1. The molecule has 1 atom stereocenters. The van der Waals surface area contributed by atoms with Gasteiger partial charge in [0.25, 0.3) is 10.1 Å². The van der Waals surface area contributed by atoms with Gasteiger partial charge in [-0.2, -0.15) is 8.42 Å². The van der Waals surface area contributed by atoms with Crippen molar-refractivity contribution in [2.24, 2.45) is 5.92 Å². The summed E-state index contributed by atoms with van der Waals surface area (Å²) in [6, 6.07) is 0. The molecule has 1 N–H and O–H groups in total. The molecule has 100 valence electrons. The third-order valence-corrected chi connectivity index (χ3v) is 4.18. The first kappa shape index (κ1) is 13.1. The third kappa shape index (κ3) is 3.33. The molecule has 1 amide bonds. The van der Waals surface area contributed by atoms with E-state index < -0.39 is 10.1 Å². The normalized spacial score (nSPS) is 25.9. The molecule has 0 aromatic carbocycles. The number of nitrogens with one attached hydrogen (secondary N) is 1. The molecule has 1 fully saturated rings. The predicted octanol–water partition coefficient (Wildman–Crippen LogP) is -0.188. The predicted molar refractivity (Wildman–Crippen MR) is 65.8 cm³/mol. The second kappa shape index (κ2) is 5.11. The number of nitrogens with zero attached hydrogens (tertiary/aromatic N) is 1. The minimum atomic E-state index is -3.36. The van der Waals surface area contributed by atoms with Crippen LogP contribution in [0.4, 0.5) is 0 Å². The van der Waals surface area contributed by atoms with Crippen molar-refractivity contribution >= 4 is 16.0 Å². The van der Waals surface area contributed by atoms with Crippen LogP contribution in [0.15, 0.2) is 24.0 Å². The zero-order valence-corrected chi connectivity index (χ0v) is 10.9. The van der Waals surface area contributed by atoms with E-state index >= 15 is 0 Å². The number of carbonyl (C=O) groups excluding carboxylic acids is 1. The highest BCUT2D eigenvalue weighted by atomic mass is 32.2. The Hall–Kier alpha value is -1.34. The monoisotopic (exact) mass is 272 g/mol. The van der Waals surface area contributed by atoms with Crippen LogP contribution in [0.2, 0.25) is 0 Å². The maximum Gasteiger partial charge on any atom is 0.267 e. The maximum atomic E-state index is 11.8. The van der Waals surface area contributed by atoms with Gasteiger partial charge in [-0.1, -0.05) is 6.08 Å². The van der Waals surface area contributed by atoms with E-state index in [0.717, 1.165) is 0 Å². The molecule has 2 aliphatic heterocycles. The van der Waals surface area contributed by atoms with E-state index in [-0.39, 0.29) is 24.2 Å². The zero-order chi connectivity index (χ0) is 13.2. The van der Waals surface area contributed by atoms with Crippen LogP contribution in [0.5, 0.6) is 0 Å². The molecule has 18 heavy (non-hydrogen) atoms.